The van der Waals surface area contributed by atoms with Gasteiger partial charge in [0.2, 0.25) is 0 Å². The Morgan fingerprint density at radius 1 is 1.14 bits per heavy atom. The van der Waals surface area contributed by atoms with E-state index in [9.17, 15) is 0 Å². The van der Waals surface area contributed by atoms with Crippen molar-refractivity contribution in [2.75, 3.05) is 0 Å². The average molecular weight is 244 g/mol. The van der Waals surface area contributed by atoms with Crippen LogP contribution in [0.4, 0.5) is 0 Å². The van der Waals surface area contributed by atoms with Crippen molar-refractivity contribution < 1.29 is 39.1 Å². The maximum Gasteiger partial charge on any atom is 2.00 e. The van der Waals surface area contributed by atoms with E-state index in [1.165, 1.54) is 0 Å². The van der Waals surface area contributed by atoms with E-state index in [1.54, 1.807) is 13.8 Å². The topological polar surface area (TPSA) is 20.2 Å². The van der Waals surface area contributed by atoms with Crippen LogP contribution in [-0.4, -0.2) is 34.3 Å². The predicted molar refractivity (Wildman–Crippen MR) is 23.1 cm³/mol. The molecule has 0 heterocycles. The van der Waals surface area contributed by atoms with Crippen LogP contribution >= 0.6 is 0 Å². The quantitative estimate of drug-likeness (QED) is 0.421. The Bertz CT molecular complexity index is 17.7. The van der Waals surface area contributed by atoms with Gasteiger partial charge in [-0.1, -0.05) is 0 Å². The zero-order valence-corrected chi connectivity index (χ0v) is 9.07. The maximum absolute atomic E-state index is 8.06. The van der Waals surface area contributed by atoms with Gasteiger partial charge in [-0.25, -0.2) is 0 Å². The molecule has 0 unspecified atom stereocenters. The molecule has 0 saturated carbocycles. The van der Waals surface area contributed by atoms with E-state index in [0.717, 1.165) is 0 Å². The fourth-order valence-corrected chi connectivity index (χ4v) is 0. The summed E-state index contributed by atoms with van der Waals surface area (Å²) < 4.78 is 0. The molecule has 0 rings (SSSR count). The number of halogens is 2. The van der Waals surface area contributed by atoms with Crippen molar-refractivity contribution in [1.82, 2.24) is 0 Å². The molecule has 0 aromatic rings. The van der Waals surface area contributed by atoms with Crippen molar-refractivity contribution in [3.05, 3.63) is 0 Å². The number of aliphatic hydroxyl groups is 1. The van der Waals surface area contributed by atoms with Gasteiger partial charge in [0, 0.05) is 6.10 Å². The molecule has 1 nitrogen and oxygen atoms in total. The van der Waals surface area contributed by atoms with Gasteiger partial charge in [0.1, 0.15) is 0 Å². The van der Waals surface area contributed by atoms with Crippen LogP contribution in [0.1, 0.15) is 13.8 Å². The molecular formula is C3H8Br2MgO. The third-order valence-corrected chi connectivity index (χ3v) is 0. The van der Waals surface area contributed by atoms with Gasteiger partial charge in [-0.15, -0.1) is 0 Å². The van der Waals surface area contributed by atoms with E-state index < -0.39 is 0 Å². The number of rotatable bonds is 0. The summed E-state index contributed by atoms with van der Waals surface area (Å²) in [6.45, 7) is 3.44. The Hall–Kier alpha value is 1.69. The minimum atomic E-state index is -0.167. The van der Waals surface area contributed by atoms with Gasteiger partial charge in [0.15, 0.2) is 0 Å². The van der Waals surface area contributed by atoms with Crippen LogP contribution < -0.4 is 34.0 Å². The Balaban J connectivity index is -0.0000000150. The normalized spacial score (nSPS) is 5.14. The van der Waals surface area contributed by atoms with Gasteiger partial charge in [0.05, 0.1) is 0 Å². The van der Waals surface area contributed by atoms with E-state index in [2.05, 4.69) is 0 Å². The zero-order chi connectivity index (χ0) is 3.58. The zero-order valence-electron chi connectivity index (χ0n) is 4.49. The second kappa shape index (κ2) is 15.6. The van der Waals surface area contributed by atoms with Gasteiger partial charge < -0.3 is 39.1 Å². The van der Waals surface area contributed by atoms with E-state index in [-0.39, 0.29) is 63.1 Å². The van der Waals surface area contributed by atoms with Crippen LogP contribution in [0.25, 0.3) is 0 Å². The SMILES string of the molecule is CC(C)O.[Br-].[Br-].[Mg+2]. The van der Waals surface area contributed by atoms with E-state index >= 15 is 0 Å². The molecule has 0 aliphatic heterocycles. The van der Waals surface area contributed by atoms with Gasteiger partial charge in [-0.2, -0.15) is 0 Å². The molecule has 0 bridgehead atoms. The number of aliphatic hydroxyl groups excluding tert-OH is 1. The summed E-state index contributed by atoms with van der Waals surface area (Å²) in [5.74, 6) is 0. The van der Waals surface area contributed by atoms with E-state index in [0.29, 0.717) is 0 Å². The van der Waals surface area contributed by atoms with Gasteiger partial charge in [-0.3, -0.25) is 0 Å². The maximum atomic E-state index is 8.06. The molecule has 0 saturated heterocycles. The van der Waals surface area contributed by atoms with Crippen LogP contribution in [0.3, 0.4) is 0 Å². The standard InChI is InChI=1S/C3H8O.2BrH.Mg/c1-3(2)4;;;/h3-4H,1-2H3;2*1H;/q;;;+2/p-2. The smallest absolute Gasteiger partial charge is 1.00 e. The molecule has 42 valence electrons. The Morgan fingerprint density at radius 2 is 1.14 bits per heavy atom. The molecule has 7 heavy (non-hydrogen) atoms. The fraction of sp³-hybridized carbons (Fsp3) is 1.00. The van der Waals surface area contributed by atoms with Crippen LogP contribution in [0.2, 0.25) is 0 Å². The first-order chi connectivity index (χ1) is 1.73. The van der Waals surface area contributed by atoms with Gasteiger partial charge >= 0.3 is 23.1 Å². The Labute approximate surface area is 81.6 Å². The average Bonchev–Trinajstić information content (AvgIpc) is 0.811. The monoisotopic (exact) mass is 242 g/mol. The molecule has 1 N–H and O–H groups in total. The Morgan fingerprint density at radius 3 is 1.14 bits per heavy atom. The largest absolute Gasteiger partial charge is 2.00 e. The summed E-state index contributed by atoms with van der Waals surface area (Å²) in [6, 6.07) is 0. The van der Waals surface area contributed by atoms with Crippen LogP contribution in [-0.2, 0) is 0 Å². The molecule has 0 aromatic heterocycles. The first kappa shape index (κ1) is 23.4. The van der Waals surface area contributed by atoms with Crippen molar-refractivity contribution in [1.29, 1.82) is 0 Å². The molecule has 0 spiro atoms. The van der Waals surface area contributed by atoms with Gasteiger partial charge in [0.25, 0.3) is 0 Å². The summed E-state index contributed by atoms with van der Waals surface area (Å²) in [7, 11) is 0. The summed E-state index contributed by atoms with van der Waals surface area (Å²) in [6.07, 6.45) is -0.167. The van der Waals surface area contributed by atoms with Crippen molar-refractivity contribution in [2.45, 2.75) is 20.0 Å². The summed E-state index contributed by atoms with van der Waals surface area (Å²) in [4.78, 5) is 0. The minimum absolute atomic E-state index is 0. The molecule has 0 aromatic carbocycles. The van der Waals surface area contributed by atoms with Crippen molar-refractivity contribution in [2.24, 2.45) is 0 Å². The number of hydrogen-bond donors (Lipinski definition) is 1. The van der Waals surface area contributed by atoms with E-state index in [1.807, 2.05) is 0 Å². The Kier molecular flexibility index (Phi) is 52.2. The molecule has 0 aliphatic carbocycles. The number of hydrogen-bond acceptors (Lipinski definition) is 1. The first-order valence-corrected chi connectivity index (χ1v) is 1.41. The molecule has 4 heteroatoms. The summed E-state index contributed by atoms with van der Waals surface area (Å²) in [5.41, 5.74) is 0. The van der Waals surface area contributed by atoms with Crippen LogP contribution in [0, 0.1) is 0 Å². The summed E-state index contributed by atoms with van der Waals surface area (Å²) >= 11 is 0. The summed E-state index contributed by atoms with van der Waals surface area (Å²) in [5, 5.41) is 8.06. The third-order valence-electron chi connectivity index (χ3n) is 0. The van der Waals surface area contributed by atoms with Crippen molar-refractivity contribution in [3.63, 3.8) is 0 Å². The minimum Gasteiger partial charge on any atom is -1.00 e. The third kappa shape index (κ3) is 87.4. The van der Waals surface area contributed by atoms with Gasteiger partial charge in [-0.05, 0) is 13.8 Å². The van der Waals surface area contributed by atoms with Crippen LogP contribution in [0.15, 0.2) is 0 Å². The molecule has 0 fully saturated rings. The molecule has 0 amide bonds. The van der Waals surface area contributed by atoms with Crippen LogP contribution in [0.5, 0.6) is 0 Å². The second-order valence-corrected chi connectivity index (χ2v) is 1.09. The van der Waals surface area contributed by atoms with E-state index in [4.69, 9.17) is 5.11 Å². The van der Waals surface area contributed by atoms with Crippen molar-refractivity contribution >= 4 is 23.1 Å². The predicted octanol–water partition coefficient (Wildman–Crippen LogP) is -5.99. The van der Waals surface area contributed by atoms with Crippen molar-refractivity contribution in [3.8, 4) is 0 Å². The molecule has 0 aliphatic rings. The molecule has 0 radical (unpaired) electrons. The second-order valence-electron chi connectivity index (χ2n) is 1.09. The first-order valence-electron chi connectivity index (χ1n) is 1.41. The molecule has 0 atom stereocenters. The molecular weight excluding hydrogens is 236 g/mol. The fourth-order valence-electron chi connectivity index (χ4n) is 0.